The predicted molar refractivity (Wildman–Crippen MR) is 129 cm³/mol. The normalized spacial score (nSPS) is 15.4. The Morgan fingerprint density at radius 1 is 0.969 bits per heavy atom. The van der Waals surface area contributed by atoms with Gasteiger partial charge in [-0.15, -0.1) is 0 Å². The van der Waals surface area contributed by atoms with Crippen molar-refractivity contribution in [1.82, 2.24) is 15.1 Å². The SMILES string of the molecule is Cc1ccccc1N(CC(=O)NCCCN1CCN(Cc2ccccc2)CC1)S(C)(=O)=O. The third-order valence-corrected chi connectivity index (χ3v) is 6.89. The number of carbonyl (C=O) groups excluding carboxylic acids is 1. The van der Waals surface area contributed by atoms with Gasteiger partial charge in [-0.25, -0.2) is 8.42 Å². The molecule has 1 saturated heterocycles. The van der Waals surface area contributed by atoms with Gasteiger partial charge in [0.05, 0.1) is 11.9 Å². The van der Waals surface area contributed by atoms with Crippen molar-refractivity contribution >= 4 is 21.6 Å². The molecule has 3 rings (SSSR count). The molecule has 0 radical (unpaired) electrons. The van der Waals surface area contributed by atoms with E-state index in [1.54, 1.807) is 12.1 Å². The second kappa shape index (κ2) is 11.4. The fourth-order valence-corrected chi connectivity index (χ4v) is 4.87. The van der Waals surface area contributed by atoms with Crippen molar-refractivity contribution in [3.05, 3.63) is 65.7 Å². The molecule has 0 atom stereocenters. The highest BCUT2D eigenvalue weighted by Gasteiger charge is 2.22. The fraction of sp³-hybridized carbons (Fsp3) is 0.458. The van der Waals surface area contributed by atoms with E-state index in [1.807, 2.05) is 25.1 Å². The molecule has 2 aromatic carbocycles. The highest BCUT2D eigenvalue weighted by Crippen LogP contribution is 2.21. The first-order valence-electron chi connectivity index (χ1n) is 11.1. The van der Waals surface area contributed by atoms with Crippen LogP contribution < -0.4 is 9.62 Å². The maximum absolute atomic E-state index is 12.4. The maximum Gasteiger partial charge on any atom is 0.240 e. The number of para-hydroxylation sites is 1. The second-order valence-corrected chi connectivity index (χ2v) is 10.3. The molecule has 7 nitrogen and oxygen atoms in total. The number of anilines is 1. The number of piperazine rings is 1. The molecular weight excluding hydrogens is 424 g/mol. The number of hydrogen-bond acceptors (Lipinski definition) is 5. The van der Waals surface area contributed by atoms with E-state index >= 15 is 0 Å². The van der Waals surface area contributed by atoms with Crippen molar-refractivity contribution in [2.75, 3.05) is 56.4 Å². The molecule has 1 aliphatic heterocycles. The monoisotopic (exact) mass is 458 g/mol. The molecule has 2 aromatic rings. The summed E-state index contributed by atoms with van der Waals surface area (Å²) >= 11 is 0. The fourth-order valence-electron chi connectivity index (χ4n) is 3.95. The first-order valence-corrected chi connectivity index (χ1v) is 13.0. The van der Waals surface area contributed by atoms with Gasteiger partial charge in [0, 0.05) is 39.3 Å². The van der Waals surface area contributed by atoms with Crippen LogP contribution in [0, 0.1) is 6.92 Å². The van der Waals surface area contributed by atoms with Crippen LogP contribution in [-0.2, 0) is 21.4 Å². The summed E-state index contributed by atoms with van der Waals surface area (Å²) in [5.74, 6) is -0.286. The molecule has 1 fully saturated rings. The zero-order valence-electron chi connectivity index (χ0n) is 19.0. The van der Waals surface area contributed by atoms with Gasteiger partial charge in [-0.05, 0) is 37.1 Å². The van der Waals surface area contributed by atoms with Crippen LogP contribution in [-0.4, -0.2) is 76.2 Å². The van der Waals surface area contributed by atoms with Crippen molar-refractivity contribution in [1.29, 1.82) is 0 Å². The summed E-state index contributed by atoms with van der Waals surface area (Å²) in [7, 11) is -3.55. The van der Waals surface area contributed by atoms with Crippen molar-refractivity contribution < 1.29 is 13.2 Å². The zero-order valence-corrected chi connectivity index (χ0v) is 19.9. The first kappa shape index (κ1) is 24.2. The summed E-state index contributed by atoms with van der Waals surface area (Å²) in [6.45, 7) is 8.21. The Kier molecular flexibility index (Phi) is 8.67. The van der Waals surface area contributed by atoms with E-state index in [-0.39, 0.29) is 12.5 Å². The molecule has 32 heavy (non-hydrogen) atoms. The molecule has 1 heterocycles. The van der Waals surface area contributed by atoms with Gasteiger partial charge in [-0.2, -0.15) is 0 Å². The smallest absolute Gasteiger partial charge is 0.240 e. The Morgan fingerprint density at radius 2 is 1.59 bits per heavy atom. The Hall–Kier alpha value is -2.42. The van der Waals surface area contributed by atoms with E-state index in [0.717, 1.165) is 57.5 Å². The molecule has 0 aliphatic carbocycles. The molecule has 174 valence electrons. The number of aryl methyl sites for hydroxylation is 1. The first-order chi connectivity index (χ1) is 15.3. The topological polar surface area (TPSA) is 73.0 Å². The number of rotatable bonds is 10. The Labute approximate surface area is 192 Å². The van der Waals surface area contributed by atoms with E-state index in [1.165, 1.54) is 9.87 Å². The summed E-state index contributed by atoms with van der Waals surface area (Å²) in [4.78, 5) is 17.3. The predicted octanol–water partition coefficient (Wildman–Crippen LogP) is 2.09. The van der Waals surface area contributed by atoms with Crippen LogP contribution in [0.25, 0.3) is 0 Å². The second-order valence-electron chi connectivity index (χ2n) is 8.36. The van der Waals surface area contributed by atoms with Crippen LogP contribution in [0.3, 0.4) is 0 Å². The Morgan fingerprint density at radius 3 is 2.25 bits per heavy atom. The molecule has 0 unspecified atom stereocenters. The molecule has 0 aromatic heterocycles. The third kappa shape index (κ3) is 7.32. The van der Waals surface area contributed by atoms with Gasteiger partial charge in [-0.3, -0.25) is 14.0 Å². The van der Waals surface area contributed by atoms with Crippen molar-refractivity contribution in [3.63, 3.8) is 0 Å². The van der Waals surface area contributed by atoms with E-state index in [0.29, 0.717) is 12.2 Å². The van der Waals surface area contributed by atoms with Gasteiger partial charge in [0.15, 0.2) is 0 Å². The molecule has 1 N–H and O–H groups in total. The maximum atomic E-state index is 12.4. The number of nitrogens with zero attached hydrogens (tertiary/aromatic N) is 3. The van der Waals surface area contributed by atoms with Crippen molar-refractivity contribution in [2.45, 2.75) is 19.9 Å². The molecule has 0 saturated carbocycles. The number of nitrogens with one attached hydrogen (secondary N) is 1. The van der Waals surface area contributed by atoms with Crippen LogP contribution in [0.2, 0.25) is 0 Å². The van der Waals surface area contributed by atoms with Crippen LogP contribution in [0.5, 0.6) is 0 Å². The van der Waals surface area contributed by atoms with Gasteiger partial charge >= 0.3 is 0 Å². The highest BCUT2D eigenvalue weighted by molar-refractivity contribution is 7.92. The quantitative estimate of drug-likeness (QED) is 0.552. The van der Waals surface area contributed by atoms with Crippen LogP contribution in [0.15, 0.2) is 54.6 Å². The lowest BCUT2D eigenvalue weighted by molar-refractivity contribution is -0.119. The molecule has 0 spiro atoms. The van der Waals surface area contributed by atoms with Crippen molar-refractivity contribution in [3.8, 4) is 0 Å². The number of amides is 1. The molecule has 8 heteroatoms. The minimum absolute atomic E-state index is 0.207. The lowest BCUT2D eigenvalue weighted by atomic mass is 10.2. The van der Waals surface area contributed by atoms with Crippen molar-refractivity contribution in [2.24, 2.45) is 0 Å². The van der Waals surface area contributed by atoms with Gasteiger partial charge < -0.3 is 10.2 Å². The van der Waals surface area contributed by atoms with E-state index < -0.39 is 10.0 Å². The minimum atomic E-state index is -3.55. The average Bonchev–Trinajstić information content (AvgIpc) is 2.77. The summed E-state index contributed by atoms with van der Waals surface area (Å²) < 4.78 is 25.6. The highest BCUT2D eigenvalue weighted by atomic mass is 32.2. The van der Waals surface area contributed by atoms with Gasteiger partial charge in [0.25, 0.3) is 0 Å². The molecule has 0 bridgehead atoms. The number of benzene rings is 2. The summed E-state index contributed by atoms with van der Waals surface area (Å²) in [5.41, 5.74) is 2.70. The van der Waals surface area contributed by atoms with Gasteiger partial charge in [-0.1, -0.05) is 48.5 Å². The molecule has 1 aliphatic rings. The Balaban J connectivity index is 1.37. The van der Waals surface area contributed by atoms with E-state index in [2.05, 4.69) is 39.4 Å². The average molecular weight is 459 g/mol. The summed E-state index contributed by atoms with van der Waals surface area (Å²) in [5, 5.41) is 2.87. The molecular formula is C24H34N4O3S. The number of carbonyl (C=O) groups is 1. The van der Waals surface area contributed by atoms with E-state index in [4.69, 9.17) is 0 Å². The van der Waals surface area contributed by atoms with Gasteiger partial charge in [0.1, 0.15) is 6.54 Å². The Bertz CT molecular complexity index is 974. The van der Waals surface area contributed by atoms with Crippen LogP contribution in [0.1, 0.15) is 17.5 Å². The van der Waals surface area contributed by atoms with Crippen LogP contribution >= 0.6 is 0 Å². The van der Waals surface area contributed by atoms with Gasteiger partial charge in [0.2, 0.25) is 15.9 Å². The zero-order chi connectivity index (χ0) is 23.0. The summed E-state index contributed by atoms with van der Waals surface area (Å²) in [6, 6.07) is 17.7. The largest absolute Gasteiger partial charge is 0.354 e. The summed E-state index contributed by atoms with van der Waals surface area (Å²) in [6.07, 6.45) is 1.97. The van der Waals surface area contributed by atoms with E-state index in [9.17, 15) is 13.2 Å². The lowest BCUT2D eigenvalue weighted by Crippen LogP contribution is -2.46. The van der Waals surface area contributed by atoms with Crippen LogP contribution in [0.4, 0.5) is 5.69 Å². The molecule has 1 amide bonds. The standard InChI is InChI=1S/C24H34N4O3S/c1-21-9-6-7-12-23(21)28(32(2,30)31)20-24(29)25-13-8-14-26-15-17-27(18-16-26)19-22-10-4-3-5-11-22/h3-7,9-12H,8,13-20H2,1-2H3,(H,25,29). The lowest BCUT2D eigenvalue weighted by Gasteiger charge is -2.34. The number of sulfonamides is 1. The number of hydrogen-bond donors (Lipinski definition) is 1. The third-order valence-electron chi connectivity index (χ3n) is 5.76. The minimum Gasteiger partial charge on any atom is -0.354 e.